The monoisotopic (exact) mass is 634 g/mol. The number of halogens is 15. The first-order valence-electron chi connectivity index (χ1n) is 8.47. The minimum Gasteiger partial charge on any atom is -0.207 e. The van der Waals surface area contributed by atoms with Gasteiger partial charge in [0, 0.05) is 3.57 Å². The van der Waals surface area contributed by atoms with Gasteiger partial charge in [-0.15, -0.1) is 0 Å². The summed E-state index contributed by atoms with van der Waals surface area (Å²) in [5.74, 6) is -39.2. The molecule has 0 saturated carbocycles. The van der Waals surface area contributed by atoms with Crippen LogP contribution in [0.2, 0.25) is 0 Å². The standard InChI is InChI=1S/C19H2BF14I/c1-35-19-4(9(25)14(30)17(33)18(19)34)20(2-5(21)10(26)15(31)11(27)6(2)22)3-7(23)12(28)16(32)13(29)8(3)24/h1H2/q-1. The normalized spacial score (nSPS) is 11.6. The smallest absolute Gasteiger partial charge is 0.200 e. The number of rotatable bonds is 4. The van der Waals surface area contributed by atoms with Crippen molar-refractivity contribution in [3.8, 4) is 0 Å². The third-order valence-corrected chi connectivity index (χ3v) is 6.55. The highest BCUT2D eigenvalue weighted by Gasteiger charge is 2.34. The van der Waals surface area contributed by atoms with Gasteiger partial charge < -0.3 is 0 Å². The molecule has 0 fully saturated rings. The van der Waals surface area contributed by atoms with E-state index in [2.05, 4.69) is 4.51 Å². The zero-order chi connectivity index (χ0) is 26.7. The molecular formula is C19H2BF14I-. The van der Waals surface area contributed by atoms with Crippen molar-refractivity contribution in [3.05, 3.63) is 85.0 Å². The van der Waals surface area contributed by atoms with E-state index >= 15 is 0 Å². The maximum atomic E-state index is 14.8. The maximum absolute atomic E-state index is 14.8. The van der Waals surface area contributed by atoms with Crippen molar-refractivity contribution >= 4 is 48.3 Å². The van der Waals surface area contributed by atoms with Crippen LogP contribution in [0, 0.1) is 85.0 Å². The Hall–Kier alpha value is -2.66. The average Bonchev–Trinajstić information content (AvgIpc) is 2.83. The van der Waals surface area contributed by atoms with Crippen LogP contribution in [0.4, 0.5) is 61.5 Å². The molecule has 3 aromatic rings. The third kappa shape index (κ3) is 3.89. The highest BCUT2D eigenvalue weighted by molar-refractivity contribution is 14.2. The fraction of sp³-hybridized carbons (Fsp3) is 0. The van der Waals surface area contributed by atoms with Crippen molar-refractivity contribution in [1.82, 2.24) is 0 Å². The fourth-order valence-corrected chi connectivity index (χ4v) is 4.72. The van der Waals surface area contributed by atoms with Crippen molar-refractivity contribution in [2.24, 2.45) is 0 Å². The van der Waals surface area contributed by atoms with E-state index in [0.717, 1.165) is 0 Å². The first-order chi connectivity index (χ1) is 16.2. The minimum absolute atomic E-state index is 1.46. The zero-order valence-corrected chi connectivity index (χ0v) is 18.1. The van der Waals surface area contributed by atoms with Crippen molar-refractivity contribution in [2.45, 2.75) is 0 Å². The van der Waals surface area contributed by atoms with Crippen LogP contribution in [0.5, 0.6) is 0 Å². The van der Waals surface area contributed by atoms with Crippen molar-refractivity contribution in [1.29, 1.82) is 0 Å². The predicted molar refractivity (Wildman–Crippen MR) is 103 cm³/mol. The quantitative estimate of drug-likeness (QED) is 0.128. The topological polar surface area (TPSA) is 0 Å². The summed E-state index contributed by atoms with van der Waals surface area (Å²) in [5, 5.41) is 0. The van der Waals surface area contributed by atoms with E-state index in [9.17, 15) is 61.5 Å². The summed E-state index contributed by atoms with van der Waals surface area (Å²) in [6.07, 6.45) is 0. The summed E-state index contributed by atoms with van der Waals surface area (Å²) in [7, 11) is 0. The second-order valence-corrected chi connectivity index (χ2v) is 8.36. The second-order valence-electron chi connectivity index (χ2n) is 6.52. The molecule has 1 radical (unpaired) electrons. The van der Waals surface area contributed by atoms with E-state index in [4.69, 9.17) is 0 Å². The van der Waals surface area contributed by atoms with E-state index in [-0.39, 0.29) is 0 Å². The first-order valence-corrected chi connectivity index (χ1v) is 11.1. The molecule has 0 spiro atoms. The molecule has 0 aromatic heterocycles. The van der Waals surface area contributed by atoms with Crippen LogP contribution in [0.1, 0.15) is 0 Å². The third-order valence-electron chi connectivity index (χ3n) is 4.73. The molecule has 0 amide bonds. The van der Waals surface area contributed by atoms with E-state index in [0.29, 0.717) is 0 Å². The summed E-state index contributed by atoms with van der Waals surface area (Å²) < 4.78 is 199. The van der Waals surface area contributed by atoms with Crippen LogP contribution in [-0.4, -0.2) is 11.2 Å². The highest BCUT2D eigenvalue weighted by Crippen LogP contribution is 2.25. The SMILES string of the molecule is C=Ic1c(F)c(F)c(F)c(F)c1[B-](c1c(F)c(F)c(F)c(F)c1F)c1c(F)c(F)c(F)c(F)c1F. The Kier molecular flexibility index (Phi) is 7.25. The molecule has 0 saturated heterocycles. The predicted octanol–water partition coefficient (Wildman–Crippen LogP) is 4.72. The van der Waals surface area contributed by atoms with E-state index in [1.165, 1.54) is 0 Å². The lowest BCUT2D eigenvalue weighted by atomic mass is 9.36. The zero-order valence-electron chi connectivity index (χ0n) is 16.0. The van der Waals surface area contributed by atoms with Crippen LogP contribution in [-0.2, 0) is 0 Å². The fourth-order valence-electron chi connectivity index (χ4n) is 3.19. The molecule has 16 heteroatoms. The molecule has 0 bridgehead atoms. The molecule has 0 atom stereocenters. The van der Waals surface area contributed by atoms with Crippen LogP contribution < -0.4 is 16.4 Å². The van der Waals surface area contributed by atoms with Gasteiger partial charge in [-0.1, -0.05) is 25.2 Å². The molecule has 0 N–H and O–H groups in total. The summed E-state index contributed by atoms with van der Waals surface area (Å²) in [6, 6.07) is 0. The van der Waals surface area contributed by atoms with Gasteiger partial charge in [-0.25, -0.2) is 61.5 Å². The van der Waals surface area contributed by atoms with E-state index in [1.54, 1.807) is 0 Å². The van der Waals surface area contributed by atoms with Gasteiger partial charge in [-0.2, -0.15) is 16.4 Å². The van der Waals surface area contributed by atoms with Gasteiger partial charge in [0.15, 0.2) is 52.4 Å². The lowest BCUT2D eigenvalue weighted by molar-refractivity contribution is 0.382. The van der Waals surface area contributed by atoms with Crippen molar-refractivity contribution in [3.63, 3.8) is 0 Å². The average molecular weight is 634 g/mol. The molecule has 0 aliphatic rings. The van der Waals surface area contributed by atoms with Crippen LogP contribution >= 0.6 is 20.7 Å². The second kappa shape index (κ2) is 9.42. The van der Waals surface area contributed by atoms with Gasteiger partial charge in [-0.05, 0) is 6.71 Å². The lowest BCUT2D eigenvalue weighted by Gasteiger charge is -2.34. The molecule has 3 rings (SSSR count). The Morgan fingerprint density at radius 3 is 0.857 bits per heavy atom. The Bertz CT molecular complexity index is 1290. The Morgan fingerprint density at radius 1 is 0.343 bits per heavy atom. The lowest BCUT2D eigenvalue weighted by Crippen LogP contribution is -2.60. The van der Waals surface area contributed by atoms with Crippen LogP contribution in [0.25, 0.3) is 0 Å². The molecule has 0 unspecified atom stereocenters. The molecule has 0 heterocycles. The molecule has 187 valence electrons. The summed E-state index contributed by atoms with van der Waals surface area (Å²) >= 11 is -2.37. The van der Waals surface area contributed by atoms with Gasteiger partial charge in [0.1, 0.15) is 29.1 Å². The van der Waals surface area contributed by atoms with Crippen molar-refractivity contribution < 1.29 is 61.5 Å². The summed E-state index contributed by atoms with van der Waals surface area (Å²) in [5.41, 5.74) is -6.86. The molecule has 0 aliphatic carbocycles. The van der Waals surface area contributed by atoms with E-state index in [1.807, 2.05) is 0 Å². The molecule has 0 aliphatic heterocycles. The minimum atomic E-state index is -3.59. The van der Waals surface area contributed by atoms with Gasteiger partial charge in [-0.3, -0.25) is 0 Å². The van der Waals surface area contributed by atoms with Crippen LogP contribution in [0.3, 0.4) is 0 Å². The highest BCUT2D eigenvalue weighted by atomic mass is 127. The largest absolute Gasteiger partial charge is 0.207 e. The maximum Gasteiger partial charge on any atom is 0.200 e. The van der Waals surface area contributed by atoms with Gasteiger partial charge >= 0.3 is 0 Å². The number of hydrogen-bond acceptors (Lipinski definition) is 0. The van der Waals surface area contributed by atoms with Gasteiger partial charge in [0.2, 0.25) is 0 Å². The molecule has 0 nitrogen and oxygen atoms in total. The Balaban J connectivity index is 2.72. The van der Waals surface area contributed by atoms with Gasteiger partial charge in [0.05, 0.1) is 0 Å². The molecule has 3 aromatic carbocycles. The Labute approximate surface area is 195 Å². The number of hydrogen-bond donors (Lipinski definition) is 0. The van der Waals surface area contributed by atoms with E-state index < -0.39 is 129 Å². The number of benzene rings is 3. The first kappa shape index (κ1) is 26.9. The molecular weight excluding hydrogens is 632 g/mol. The molecule has 35 heavy (non-hydrogen) atoms. The Morgan fingerprint density at radius 2 is 0.571 bits per heavy atom. The summed E-state index contributed by atoms with van der Waals surface area (Å²) in [6.45, 7) is -3.59. The van der Waals surface area contributed by atoms with Crippen LogP contribution in [0.15, 0.2) is 0 Å². The van der Waals surface area contributed by atoms with Crippen molar-refractivity contribution in [2.75, 3.05) is 0 Å². The summed E-state index contributed by atoms with van der Waals surface area (Å²) in [4.78, 5) is 0. The van der Waals surface area contributed by atoms with Gasteiger partial charge in [0.25, 0.3) is 0 Å².